The van der Waals surface area contributed by atoms with E-state index in [0.717, 1.165) is 20.8 Å². The number of hydrogen-bond acceptors (Lipinski definition) is 15. The Bertz CT molecular complexity index is 1010. The Morgan fingerprint density at radius 2 is 1.29 bits per heavy atom. The number of carbonyl (C=O) groups excluding carboxylic acids is 4. The molecule has 10 atom stereocenters. The number of fused-ring (bicyclic) bond motifs is 3. The van der Waals surface area contributed by atoms with Crippen LogP contribution in [0.5, 0.6) is 0 Å². The van der Waals surface area contributed by atoms with Crippen molar-refractivity contribution in [1.82, 2.24) is 0 Å². The fourth-order valence-corrected chi connectivity index (χ4v) is 5.35. The summed E-state index contributed by atoms with van der Waals surface area (Å²) in [4.78, 5) is 47.4. The molecule has 15 heteroatoms. The fourth-order valence-electron chi connectivity index (χ4n) is 5.35. The van der Waals surface area contributed by atoms with E-state index < -0.39 is 103 Å². The molecule has 0 aromatic rings. The minimum Gasteiger partial charge on any atom is -0.462 e. The third-order valence-electron chi connectivity index (χ3n) is 6.62. The summed E-state index contributed by atoms with van der Waals surface area (Å²) in [6.07, 6.45) is -9.51. The van der Waals surface area contributed by atoms with Crippen LogP contribution in [0.15, 0.2) is 0 Å². The minimum absolute atomic E-state index is 0.155. The third-order valence-corrected chi connectivity index (χ3v) is 6.62. The number of carbonyl (C=O) groups is 4. The van der Waals surface area contributed by atoms with Crippen molar-refractivity contribution < 1.29 is 71.3 Å². The molecule has 41 heavy (non-hydrogen) atoms. The quantitative estimate of drug-likeness (QED) is 0.268. The van der Waals surface area contributed by atoms with Crippen molar-refractivity contribution in [3.05, 3.63) is 0 Å². The molecular formula is C26H38O15. The molecule has 15 nitrogen and oxygen atoms in total. The van der Waals surface area contributed by atoms with Crippen molar-refractivity contribution in [3.8, 4) is 0 Å². The monoisotopic (exact) mass is 590 g/mol. The molecule has 4 aliphatic rings. The van der Waals surface area contributed by atoms with Gasteiger partial charge in [0.2, 0.25) is 0 Å². The Hall–Kier alpha value is -2.40. The highest BCUT2D eigenvalue weighted by molar-refractivity contribution is 5.68. The lowest BCUT2D eigenvalue weighted by Gasteiger charge is -2.37. The van der Waals surface area contributed by atoms with Gasteiger partial charge in [-0.15, -0.1) is 0 Å². The summed E-state index contributed by atoms with van der Waals surface area (Å²) in [5, 5.41) is 0. The molecule has 0 N–H and O–H groups in total. The predicted molar refractivity (Wildman–Crippen MR) is 130 cm³/mol. The molecule has 0 unspecified atom stereocenters. The normalized spacial score (nSPS) is 37.4. The van der Waals surface area contributed by atoms with Crippen molar-refractivity contribution >= 4 is 23.9 Å². The van der Waals surface area contributed by atoms with Gasteiger partial charge >= 0.3 is 23.9 Å². The van der Waals surface area contributed by atoms with Crippen LogP contribution in [0, 0.1) is 0 Å². The van der Waals surface area contributed by atoms with E-state index in [1.807, 2.05) is 0 Å². The van der Waals surface area contributed by atoms with E-state index in [4.69, 9.17) is 52.1 Å². The Kier molecular flexibility index (Phi) is 9.28. The highest BCUT2D eigenvalue weighted by Gasteiger charge is 2.61. The first kappa shape index (κ1) is 31.5. The van der Waals surface area contributed by atoms with Crippen molar-refractivity contribution in [2.45, 2.75) is 128 Å². The average molecular weight is 591 g/mol. The molecule has 4 heterocycles. The second-order valence-corrected chi connectivity index (χ2v) is 11.1. The highest BCUT2D eigenvalue weighted by Crippen LogP contribution is 2.44. The molecule has 4 fully saturated rings. The molecule has 0 aromatic carbocycles. The van der Waals surface area contributed by atoms with E-state index in [1.54, 1.807) is 27.7 Å². The van der Waals surface area contributed by atoms with E-state index in [-0.39, 0.29) is 6.61 Å². The summed E-state index contributed by atoms with van der Waals surface area (Å²) in [5.41, 5.74) is 0. The lowest BCUT2D eigenvalue weighted by atomic mass is 9.99. The maximum absolute atomic E-state index is 12.0. The molecule has 232 valence electrons. The summed E-state index contributed by atoms with van der Waals surface area (Å²) in [7, 11) is 0. The van der Waals surface area contributed by atoms with E-state index in [9.17, 15) is 19.2 Å². The molecule has 4 aliphatic heterocycles. The lowest BCUT2D eigenvalue weighted by Crippen LogP contribution is -2.56. The summed E-state index contributed by atoms with van der Waals surface area (Å²) in [6.45, 7) is 11.1. The van der Waals surface area contributed by atoms with Crippen LogP contribution in [0.2, 0.25) is 0 Å². The van der Waals surface area contributed by atoms with E-state index in [2.05, 4.69) is 0 Å². The minimum atomic E-state index is -1.31. The SMILES string of the molecule is CC(=O)OC[C@@H](OC(C)=O)[C@H]1O[C@@H](OC[C@H]2O[C@@H]3OC(C)(C)O[C@@H]3[C@H]3OC(C)(C)O[C@H]32)[C@H](OC(C)=O)[C@H]1OC(C)=O. The fraction of sp³-hybridized carbons (Fsp3) is 0.846. The largest absolute Gasteiger partial charge is 0.462 e. The van der Waals surface area contributed by atoms with Crippen molar-refractivity contribution in [3.63, 3.8) is 0 Å². The number of rotatable bonds is 9. The first-order valence-electron chi connectivity index (χ1n) is 13.3. The van der Waals surface area contributed by atoms with Crippen LogP contribution < -0.4 is 0 Å². The highest BCUT2D eigenvalue weighted by atomic mass is 16.9. The predicted octanol–water partition coefficient (Wildman–Crippen LogP) is 0.483. The molecule has 0 spiro atoms. The standard InChI is InChI=1S/C26H38O15/c1-11(27)31-9-15(33-12(2)28)17-19(34-13(3)29)21(35-14(4)30)23(37-17)32-10-16-18-20(39-25(5,6)38-18)22-24(36-16)41-26(7,8)40-22/h15-24H,9-10H2,1-8H3/t15-,16-,17-,18+,19+,20+,21-,22-,23-,24-/m1/s1. The van der Waals surface area contributed by atoms with E-state index in [1.165, 1.54) is 6.92 Å². The average Bonchev–Trinajstić information content (AvgIpc) is 3.43. The summed E-state index contributed by atoms with van der Waals surface area (Å²) in [6, 6.07) is 0. The molecule has 0 amide bonds. The summed E-state index contributed by atoms with van der Waals surface area (Å²) in [5.74, 6) is -4.64. The Morgan fingerprint density at radius 1 is 0.707 bits per heavy atom. The van der Waals surface area contributed by atoms with Gasteiger partial charge in [-0.1, -0.05) is 0 Å². The molecule has 0 bridgehead atoms. The van der Waals surface area contributed by atoms with Gasteiger partial charge in [-0.25, -0.2) is 0 Å². The second kappa shape index (κ2) is 12.1. The van der Waals surface area contributed by atoms with Crippen molar-refractivity contribution in [1.29, 1.82) is 0 Å². The summed E-state index contributed by atoms with van der Waals surface area (Å²) >= 11 is 0. The smallest absolute Gasteiger partial charge is 0.303 e. The van der Waals surface area contributed by atoms with Crippen LogP contribution >= 0.6 is 0 Å². The first-order valence-corrected chi connectivity index (χ1v) is 13.3. The zero-order valence-electron chi connectivity index (χ0n) is 24.3. The van der Waals surface area contributed by atoms with Gasteiger partial charge in [0.25, 0.3) is 0 Å². The maximum Gasteiger partial charge on any atom is 0.303 e. The molecule has 0 radical (unpaired) electrons. The van der Waals surface area contributed by atoms with Crippen LogP contribution in [0.1, 0.15) is 55.4 Å². The van der Waals surface area contributed by atoms with Crippen LogP contribution in [0.4, 0.5) is 0 Å². The second-order valence-electron chi connectivity index (χ2n) is 11.1. The van der Waals surface area contributed by atoms with Gasteiger partial charge in [0.15, 0.2) is 42.5 Å². The number of hydrogen-bond donors (Lipinski definition) is 0. The first-order chi connectivity index (χ1) is 19.0. The van der Waals surface area contributed by atoms with Crippen LogP contribution in [-0.4, -0.2) is 110 Å². The van der Waals surface area contributed by atoms with Gasteiger partial charge in [-0.05, 0) is 27.7 Å². The molecule has 4 rings (SSSR count). The van der Waals surface area contributed by atoms with Gasteiger partial charge in [-0.3, -0.25) is 19.2 Å². The Labute approximate surface area is 237 Å². The Balaban J connectivity index is 1.56. The van der Waals surface area contributed by atoms with Crippen LogP contribution in [0.25, 0.3) is 0 Å². The van der Waals surface area contributed by atoms with E-state index in [0.29, 0.717) is 0 Å². The topological polar surface area (TPSA) is 170 Å². The molecule has 0 aliphatic carbocycles. The zero-order chi connectivity index (χ0) is 30.3. The van der Waals surface area contributed by atoms with E-state index >= 15 is 0 Å². The lowest BCUT2D eigenvalue weighted by molar-refractivity contribution is -0.262. The van der Waals surface area contributed by atoms with Crippen LogP contribution in [0.3, 0.4) is 0 Å². The van der Waals surface area contributed by atoms with Crippen LogP contribution in [-0.2, 0) is 71.3 Å². The molecule has 4 saturated heterocycles. The van der Waals surface area contributed by atoms with Gasteiger partial charge in [0.1, 0.15) is 37.1 Å². The number of ether oxygens (including phenoxy) is 11. The van der Waals surface area contributed by atoms with Crippen molar-refractivity contribution in [2.24, 2.45) is 0 Å². The van der Waals surface area contributed by atoms with Gasteiger partial charge in [0, 0.05) is 27.7 Å². The van der Waals surface area contributed by atoms with Crippen molar-refractivity contribution in [2.75, 3.05) is 13.2 Å². The summed E-state index contributed by atoms with van der Waals surface area (Å²) < 4.78 is 63.6. The molecule has 0 aromatic heterocycles. The van der Waals surface area contributed by atoms with Gasteiger partial charge < -0.3 is 52.1 Å². The maximum atomic E-state index is 12.0. The zero-order valence-corrected chi connectivity index (χ0v) is 24.3. The molecule has 0 saturated carbocycles. The third kappa shape index (κ3) is 7.52. The number of esters is 4. The Morgan fingerprint density at radius 3 is 1.90 bits per heavy atom. The molecular weight excluding hydrogens is 552 g/mol. The van der Waals surface area contributed by atoms with Gasteiger partial charge in [0.05, 0.1) is 6.61 Å². The van der Waals surface area contributed by atoms with Gasteiger partial charge in [-0.2, -0.15) is 0 Å².